The molecule has 104 valence electrons. The van der Waals surface area contributed by atoms with E-state index in [0.717, 1.165) is 9.80 Å². The predicted molar refractivity (Wildman–Crippen MR) is 67.7 cm³/mol. The van der Waals surface area contributed by atoms with Gasteiger partial charge in [-0.1, -0.05) is 5.92 Å². The van der Waals surface area contributed by atoms with Gasteiger partial charge in [0.15, 0.2) is 6.54 Å². The molecule has 8 heteroatoms. The van der Waals surface area contributed by atoms with Crippen LogP contribution in [-0.4, -0.2) is 60.7 Å². The second-order valence-corrected chi connectivity index (χ2v) is 4.02. The highest BCUT2D eigenvalue weighted by atomic mass is 16.2. The maximum Gasteiger partial charge on any atom is 0.417 e. The average Bonchev–Trinajstić information content (AvgIpc) is 2.45. The molecule has 0 spiro atoms. The number of carbonyl (C=O) groups excluding carboxylic acids is 3. The third-order valence-electron chi connectivity index (χ3n) is 2.73. The first kappa shape index (κ1) is 15.2. The number of imide groups is 1. The number of nitrogens with zero attached hydrogens (tertiary/aromatic N) is 3. The van der Waals surface area contributed by atoms with Gasteiger partial charge in [-0.15, -0.1) is 6.42 Å². The van der Waals surface area contributed by atoms with Gasteiger partial charge in [-0.05, 0) is 0 Å². The lowest BCUT2D eigenvalue weighted by Crippen LogP contribution is -2.83. The molecule has 1 saturated heterocycles. The summed E-state index contributed by atoms with van der Waals surface area (Å²) in [5.41, 5.74) is 0. The molecule has 0 saturated carbocycles. The van der Waals surface area contributed by atoms with E-state index in [2.05, 4.69) is 16.2 Å². The summed E-state index contributed by atoms with van der Waals surface area (Å²) in [6.45, 7) is -0.113. The van der Waals surface area contributed by atoms with Gasteiger partial charge in [-0.2, -0.15) is 10.2 Å². The maximum absolute atomic E-state index is 11.8. The van der Waals surface area contributed by atoms with E-state index in [1.54, 1.807) is 6.07 Å². The Morgan fingerprint density at radius 1 is 1.45 bits per heavy atom. The van der Waals surface area contributed by atoms with Crippen LogP contribution in [0.4, 0.5) is 4.79 Å². The quantitative estimate of drug-likeness (QED) is 0.532. The van der Waals surface area contributed by atoms with Crippen molar-refractivity contribution < 1.29 is 19.4 Å². The van der Waals surface area contributed by atoms with Gasteiger partial charge < -0.3 is 5.32 Å². The number of amidine groups is 1. The fourth-order valence-electron chi connectivity index (χ4n) is 1.65. The van der Waals surface area contributed by atoms with E-state index < -0.39 is 23.8 Å². The standard InChI is InChI=1S/C12H13N5O3/c1-4-5-14-9(18)7-15-10-8(6-13)11(19)17(3)12(20)16(10)2/h1,8H,5,7H2,2-3H3,(H,14,18)/p+1. The van der Waals surface area contributed by atoms with E-state index in [9.17, 15) is 14.4 Å². The Bertz CT molecular complexity index is 554. The third-order valence-corrected chi connectivity index (χ3v) is 2.73. The molecule has 0 aromatic heterocycles. The number of nitriles is 1. The van der Waals surface area contributed by atoms with Crippen LogP contribution in [0.3, 0.4) is 0 Å². The number of terminal acetylenes is 1. The zero-order valence-electron chi connectivity index (χ0n) is 11.1. The fourth-order valence-corrected chi connectivity index (χ4v) is 1.65. The van der Waals surface area contributed by atoms with Crippen LogP contribution in [0.15, 0.2) is 0 Å². The van der Waals surface area contributed by atoms with Gasteiger partial charge >= 0.3 is 6.03 Å². The van der Waals surface area contributed by atoms with Crippen LogP contribution in [0.5, 0.6) is 0 Å². The Balaban J connectivity index is 2.93. The Morgan fingerprint density at radius 2 is 2.10 bits per heavy atom. The first-order chi connectivity index (χ1) is 9.43. The SMILES string of the molecule is C#CCNC(=O)C[NH+]=C1C(C#N)C(=O)N(C)C(=O)N1C. The number of urea groups is 1. The molecule has 1 atom stereocenters. The molecular formula is C12H14N5O3+. The number of amides is 4. The second-order valence-electron chi connectivity index (χ2n) is 4.02. The number of rotatable bonds is 3. The molecule has 1 heterocycles. The molecule has 1 unspecified atom stereocenters. The predicted octanol–water partition coefficient (Wildman–Crippen LogP) is -3.12. The summed E-state index contributed by atoms with van der Waals surface area (Å²) >= 11 is 0. The highest BCUT2D eigenvalue weighted by Gasteiger charge is 2.46. The van der Waals surface area contributed by atoms with Crippen molar-refractivity contribution in [3.63, 3.8) is 0 Å². The summed E-state index contributed by atoms with van der Waals surface area (Å²) in [6.07, 6.45) is 5.00. The molecule has 8 nitrogen and oxygen atoms in total. The number of hydrogen-bond donors (Lipinski definition) is 2. The van der Waals surface area contributed by atoms with Crippen LogP contribution in [-0.2, 0) is 9.59 Å². The topological polar surface area (TPSA) is 107 Å². The molecule has 0 aromatic rings. The van der Waals surface area contributed by atoms with Crippen molar-refractivity contribution in [2.24, 2.45) is 5.92 Å². The van der Waals surface area contributed by atoms with Crippen LogP contribution in [0.2, 0.25) is 0 Å². The Hall–Kier alpha value is -2.87. The monoisotopic (exact) mass is 276 g/mol. The zero-order valence-corrected chi connectivity index (χ0v) is 11.1. The third kappa shape index (κ3) is 2.93. The minimum atomic E-state index is -1.15. The van der Waals surface area contributed by atoms with Crippen LogP contribution < -0.4 is 10.3 Å². The molecule has 1 rings (SSSR count). The van der Waals surface area contributed by atoms with Crippen LogP contribution in [0.1, 0.15) is 0 Å². The highest BCUT2D eigenvalue weighted by Crippen LogP contribution is 2.12. The molecule has 1 aliphatic rings. The summed E-state index contributed by atoms with van der Waals surface area (Å²) in [4.78, 5) is 39.6. The van der Waals surface area contributed by atoms with Crippen molar-refractivity contribution in [1.29, 1.82) is 5.26 Å². The molecule has 4 amide bonds. The highest BCUT2D eigenvalue weighted by molar-refractivity contribution is 6.17. The van der Waals surface area contributed by atoms with E-state index in [1.165, 1.54) is 14.1 Å². The van der Waals surface area contributed by atoms with E-state index >= 15 is 0 Å². The van der Waals surface area contributed by atoms with Gasteiger partial charge in [-0.3, -0.25) is 14.6 Å². The molecule has 0 radical (unpaired) electrons. The van der Waals surface area contributed by atoms with Crippen molar-refractivity contribution in [2.45, 2.75) is 0 Å². The lowest BCUT2D eigenvalue weighted by molar-refractivity contribution is -0.451. The van der Waals surface area contributed by atoms with E-state index in [4.69, 9.17) is 11.7 Å². The van der Waals surface area contributed by atoms with Crippen LogP contribution in [0.25, 0.3) is 0 Å². The normalized spacial score (nSPS) is 20.6. The van der Waals surface area contributed by atoms with Crippen LogP contribution in [0, 0.1) is 29.6 Å². The van der Waals surface area contributed by atoms with Gasteiger partial charge in [0.25, 0.3) is 17.6 Å². The average molecular weight is 276 g/mol. The summed E-state index contributed by atoms with van der Waals surface area (Å²) in [7, 11) is 2.71. The van der Waals surface area contributed by atoms with Crippen LogP contribution >= 0.6 is 0 Å². The first-order valence-electron chi connectivity index (χ1n) is 5.69. The number of nitrogens with one attached hydrogen (secondary N) is 2. The van der Waals surface area contributed by atoms with Gasteiger partial charge in [0.1, 0.15) is 0 Å². The smallest absolute Gasteiger partial charge is 0.342 e. The van der Waals surface area contributed by atoms with Gasteiger partial charge in [0, 0.05) is 7.05 Å². The maximum atomic E-state index is 11.8. The van der Waals surface area contributed by atoms with Gasteiger partial charge in [0.05, 0.1) is 19.7 Å². The van der Waals surface area contributed by atoms with Gasteiger partial charge in [-0.25, -0.2) is 9.69 Å². The molecule has 0 aliphatic carbocycles. The molecule has 1 fully saturated rings. The summed E-state index contributed by atoms with van der Waals surface area (Å²) in [5.74, 6) is 0.131. The lowest BCUT2D eigenvalue weighted by Gasteiger charge is -2.26. The molecule has 0 bridgehead atoms. The fraction of sp³-hybridized carbons (Fsp3) is 0.417. The molecular weight excluding hydrogens is 262 g/mol. The molecule has 0 aromatic carbocycles. The lowest BCUT2D eigenvalue weighted by atomic mass is 10.1. The van der Waals surface area contributed by atoms with Crippen molar-refractivity contribution in [1.82, 2.24) is 15.1 Å². The first-order valence-corrected chi connectivity index (χ1v) is 5.69. The number of carbonyl (C=O) groups is 3. The van der Waals surface area contributed by atoms with E-state index in [-0.39, 0.29) is 18.9 Å². The Labute approximate surface area is 116 Å². The summed E-state index contributed by atoms with van der Waals surface area (Å²) in [5, 5.41) is 11.5. The van der Waals surface area contributed by atoms with Crippen molar-refractivity contribution in [3.05, 3.63) is 0 Å². The summed E-state index contributed by atoms with van der Waals surface area (Å²) < 4.78 is 0. The number of hydrogen-bond acceptors (Lipinski definition) is 4. The van der Waals surface area contributed by atoms with Gasteiger partial charge in [0.2, 0.25) is 5.92 Å². The molecule has 2 N–H and O–H groups in total. The second kappa shape index (κ2) is 6.34. The largest absolute Gasteiger partial charge is 0.417 e. The minimum absolute atomic E-state index is 0.0773. The Kier molecular flexibility index (Phi) is 4.82. The van der Waals surface area contributed by atoms with Crippen molar-refractivity contribution in [3.8, 4) is 18.4 Å². The summed E-state index contributed by atoms with van der Waals surface area (Å²) in [6, 6.07) is 1.23. The van der Waals surface area contributed by atoms with Crippen molar-refractivity contribution >= 4 is 23.7 Å². The zero-order chi connectivity index (χ0) is 15.3. The minimum Gasteiger partial charge on any atom is -0.342 e. The Morgan fingerprint density at radius 3 is 2.65 bits per heavy atom. The van der Waals surface area contributed by atoms with E-state index in [1.807, 2.05) is 0 Å². The van der Waals surface area contributed by atoms with E-state index in [0.29, 0.717) is 0 Å². The molecule has 20 heavy (non-hydrogen) atoms. The molecule has 1 aliphatic heterocycles. The van der Waals surface area contributed by atoms with Crippen molar-refractivity contribution in [2.75, 3.05) is 27.2 Å².